The highest BCUT2D eigenvalue weighted by Gasteiger charge is 2.31. The summed E-state index contributed by atoms with van der Waals surface area (Å²) >= 11 is 0. The van der Waals surface area contributed by atoms with E-state index in [4.69, 9.17) is 4.74 Å². The van der Waals surface area contributed by atoms with E-state index in [1.54, 1.807) is 12.1 Å². The molecular formula is C14H17NO4. The fraction of sp³-hybridized carbons (Fsp3) is 0.429. The van der Waals surface area contributed by atoms with Gasteiger partial charge in [-0.25, -0.2) is 4.79 Å². The minimum Gasteiger partial charge on any atom is -0.508 e. The minimum absolute atomic E-state index is 0.0180. The highest BCUT2D eigenvalue weighted by Crippen LogP contribution is 2.33. The van der Waals surface area contributed by atoms with Crippen LogP contribution in [0.5, 0.6) is 5.75 Å². The Morgan fingerprint density at radius 3 is 2.79 bits per heavy atom. The Kier molecular flexibility index (Phi) is 4.04. The molecule has 1 aromatic rings. The van der Waals surface area contributed by atoms with E-state index < -0.39 is 12.0 Å². The highest BCUT2D eigenvalue weighted by atomic mass is 16.5. The van der Waals surface area contributed by atoms with E-state index in [1.807, 2.05) is 0 Å². The predicted octanol–water partition coefficient (Wildman–Crippen LogP) is 1.46. The number of ether oxygens (including phenoxy) is 1. The Bertz CT molecular complexity index is 482. The second-order valence-corrected chi connectivity index (χ2v) is 4.78. The number of hydrogen-bond acceptors (Lipinski definition) is 4. The molecule has 5 nitrogen and oxygen atoms in total. The molecule has 1 atom stereocenters. The lowest BCUT2D eigenvalue weighted by molar-refractivity contribution is -0.143. The number of phenols is 1. The van der Waals surface area contributed by atoms with Crippen molar-refractivity contribution in [2.75, 3.05) is 7.11 Å². The average Bonchev–Trinajstić information content (AvgIpc) is 3.21. The molecule has 0 heterocycles. The van der Waals surface area contributed by atoms with Crippen LogP contribution in [0.15, 0.2) is 24.3 Å². The van der Waals surface area contributed by atoms with E-state index in [0.29, 0.717) is 17.9 Å². The number of amides is 1. The number of carbonyl (C=O) groups excluding carboxylic acids is 2. The van der Waals surface area contributed by atoms with Crippen LogP contribution in [-0.2, 0) is 9.53 Å². The van der Waals surface area contributed by atoms with Gasteiger partial charge in [-0.05, 0) is 30.5 Å². The molecule has 1 saturated carbocycles. The van der Waals surface area contributed by atoms with Crippen molar-refractivity contribution in [2.24, 2.45) is 5.92 Å². The van der Waals surface area contributed by atoms with Crippen LogP contribution in [-0.4, -0.2) is 30.1 Å². The van der Waals surface area contributed by atoms with Crippen molar-refractivity contribution in [1.82, 2.24) is 5.32 Å². The van der Waals surface area contributed by atoms with Gasteiger partial charge in [-0.1, -0.05) is 18.9 Å². The maximum Gasteiger partial charge on any atom is 0.328 e. The summed E-state index contributed by atoms with van der Waals surface area (Å²) in [6.45, 7) is 0. The normalized spacial score (nSPS) is 15.6. The Labute approximate surface area is 111 Å². The van der Waals surface area contributed by atoms with E-state index in [9.17, 15) is 14.7 Å². The van der Waals surface area contributed by atoms with Gasteiger partial charge in [0, 0.05) is 5.56 Å². The Morgan fingerprint density at radius 2 is 2.21 bits per heavy atom. The van der Waals surface area contributed by atoms with E-state index in [2.05, 4.69) is 5.32 Å². The fourth-order valence-electron chi connectivity index (χ4n) is 1.93. The summed E-state index contributed by atoms with van der Waals surface area (Å²) in [5.41, 5.74) is 0.324. The number of methoxy groups -OCH3 is 1. The smallest absolute Gasteiger partial charge is 0.328 e. The van der Waals surface area contributed by atoms with E-state index >= 15 is 0 Å². The number of carbonyl (C=O) groups is 2. The van der Waals surface area contributed by atoms with Gasteiger partial charge in [-0.2, -0.15) is 0 Å². The Morgan fingerprint density at radius 1 is 1.47 bits per heavy atom. The molecule has 0 aliphatic heterocycles. The first-order valence-electron chi connectivity index (χ1n) is 6.28. The molecule has 1 aliphatic carbocycles. The van der Waals surface area contributed by atoms with Crippen LogP contribution in [0, 0.1) is 5.92 Å². The lowest BCUT2D eigenvalue weighted by Crippen LogP contribution is -2.41. The second kappa shape index (κ2) is 5.73. The molecule has 1 amide bonds. The van der Waals surface area contributed by atoms with Gasteiger partial charge in [-0.15, -0.1) is 0 Å². The first-order valence-corrected chi connectivity index (χ1v) is 6.28. The van der Waals surface area contributed by atoms with Crippen LogP contribution in [0.2, 0.25) is 0 Å². The first-order chi connectivity index (χ1) is 9.10. The second-order valence-electron chi connectivity index (χ2n) is 4.78. The molecule has 0 aromatic heterocycles. The molecule has 19 heavy (non-hydrogen) atoms. The monoisotopic (exact) mass is 263 g/mol. The third kappa shape index (κ3) is 3.71. The van der Waals surface area contributed by atoms with Gasteiger partial charge in [0.05, 0.1) is 7.11 Å². The van der Waals surface area contributed by atoms with Gasteiger partial charge in [0.2, 0.25) is 0 Å². The van der Waals surface area contributed by atoms with Crippen LogP contribution in [0.1, 0.15) is 29.6 Å². The standard InChI is InChI=1S/C14H17NO4/c1-19-14(18)12(7-9-5-6-9)15-13(17)10-3-2-4-11(16)8-10/h2-4,8-9,12,16H,5-7H2,1H3,(H,15,17)/t12-/m0/s1. The van der Waals surface area contributed by atoms with Crippen molar-refractivity contribution in [1.29, 1.82) is 0 Å². The molecule has 0 saturated heterocycles. The Hall–Kier alpha value is -2.04. The summed E-state index contributed by atoms with van der Waals surface area (Å²) < 4.78 is 4.70. The predicted molar refractivity (Wildman–Crippen MR) is 68.7 cm³/mol. The topological polar surface area (TPSA) is 75.6 Å². The van der Waals surface area contributed by atoms with Crippen molar-refractivity contribution in [3.8, 4) is 5.75 Å². The molecule has 0 radical (unpaired) electrons. The number of aromatic hydroxyl groups is 1. The summed E-state index contributed by atoms with van der Waals surface area (Å²) in [5.74, 6) is -0.301. The zero-order valence-electron chi connectivity index (χ0n) is 10.8. The zero-order valence-corrected chi connectivity index (χ0v) is 10.8. The number of benzene rings is 1. The van der Waals surface area contributed by atoms with Crippen LogP contribution >= 0.6 is 0 Å². The van der Waals surface area contributed by atoms with Gasteiger partial charge >= 0.3 is 5.97 Å². The molecular weight excluding hydrogens is 246 g/mol. The van der Waals surface area contributed by atoms with Gasteiger partial charge in [-0.3, -0.25) is 4.79 Å². The highest BCUT2D eigenvalue weighted by molar-refractivity contribution is 5.97. The zero-order chi connectivity index (χ0) is 13.8. The minimum atomic E-state index is -0.618. The maximum atomic E-state index is 12.0. The van der Waals surface area contributed by atoms with Crippen molar-refractivity contribution in [2.45, 2.75) is 25.3 Å². The molecule has 1 aliphatic rings. The molecule has 2 N–H and O–H groups in total. The molecule has 2 rings (SSSR count). The summed E-state index contributed by atoms with van der Waals surface area (Å²) in [6.07, 6.45) is 2.79. The van der Waals surface area contributed by atoms with Gasteiger partial charge < -0.3 is 15.2 Å². The van der Waals surface area contributed by atoms with E-state index in [-0.39, 0.29) is 11.7 Å². The summed E-state index contributed by atoms with van der Waals surface area (Å²) in [7, 11) is 1.31. The van der Waals surface area contributed by atoms with Gasteiger partial charge in [0.1, 0.15) is 11.8 Å². The lowest BCUT2D eigenvalue weighted by atomic mass is 10.1. The molecule has 0 bridgehead atoms. The van der Waals surface area contributed by atoms with Crippen LogP contribution < -0.4 is 5.32 Å². The Balaban J connectivity index is 2.03. The fourth-order valence-corrected chi connectivity index (χ4v) is 1.93. The van der Waals surface area contributed by atoms with E-state index in [1.165, 1.54) is 19.2 Å². The number of phenolic OH excluding ortho intramolecular Hbond substituents is 1. The van der Waals surface area contributed by atoms with Crippen molar-refractivity contribution in [3.05, 3.63) is 29.8 Å². The first kappa shape index (κ1) is 13.4. The van der Waals surface area contributed by atoms with Gasteiger partial charge in [0.25, 0.3) is 5.91 Å². The molecule has 0 unspecified atom stereocenters. The van der Waals surface area contributed by atoms with Crippen molar-refractivity contribution < 1.29 is 19.4 Å². The molecule has 0 spiro atoms. The van der Waals surface area contributed by atoms with Crippen LogP contribution in [0.3, 0.4) is 0 Å². The van der Waals surface area contributed by atoms with Crippen molar-refractivity contribution in [3.63, 3.8) is 0 Å². The van der Waals surface area contributed by atoms with Gasteiger partial charge in [0.15, 0.2) is 0 Å². The third-order valence-electron chi connectivity index (χ3n) is 3.17. The SMILES string of the molecule is COC(=O)[C@H](CC1CC1)NC(=O)c1cccc(O)c1. The van der Waals surface area contributed by atoms with Crippen LogP contribution in [0.25, 0.3) is 0 Å². The number of rotatable bonds is 5. The number of nitrogens with one attached hydrogen (secondary N) is 1. The van der Waals surface area contributed by atoms with E-state index in [0.717, 1.165) is 12.8 Å². The molecule has 102 valence electrons. The molecule has 5 heteroatoms. The number of hydrogen-bond donors (Lipinski definition) is 2. The third-order valence-corrected chi connectivity index (χ3v) is 3.17. The summed E-state index contributed by atoms with van der Waals surface area (Å²) in [6, 6.07) is 5.39. The molecule has 1 fully saturated rings. The lowest BCUT2D eigenvalue weighted by Gasteiger charge is -2.16. The quantitative estimate of drug-likeness (QED) is 0.789. The molecule has 1 aromatic carbocycles. The largest absolute Gasteiger partial charge is 0.508 e. The number of esters is 1. The maximum absolute atomic E-state index is 12.0. The summed E-state index contributed by atoms with van der Waals surface area (Å²) in [4.78, 5) is 23.6. The summed E-state index contributed by atoms with van der Waals surface area (Å²) in [5, 5.41) is 12.0. The van der Waals surface area contributed by atoms with Crippen LogP contribution in [0.4, 0.5) is 0 Å². The van der Waals surface area contributed by atoms with Crippen molar-refractivity contribution >= 4 is 11.9 Å². The average molecular weight is 263 g/mol.